The quantitative estimate of drug-likeness (QED) is 0.547. The van der Waals surface area contributed by atoms with Crippen molar-refractivity contribution >= 4 is 12.1 Å². The van der Waals surface area contributed by atoms with E-state index in [1.54, 1.807) is 0 Å². The Bertz CT molecular complexity index is 419. The van der Waals surface area contributed by atoms with E-state index in [-0.39, 0.29) is 23.7 Å². The van der Waals surface area contributed by atoms with Gasteiger partial charge in [0, 0.05) is 7.05 Å². The number of rotatable bonds is 1. The maximum atomic E-state index is 12.0. The minimum atomic E-state index is -0.743. The summed E-state index contributed by atoms with van der Waals surface area (Å²) >= 11 is 0. The van der Waals surface area contributed by atoms with Crippen molar-refractivity contribution < 1.29 is 19.1 Å². The van der Waals surface area contributed by atoms with E-state index in [0.717, 1.165) is 6.42 Å². The molecule has 1 amide bonds. The zero-order valence-corrected chi connectivity index (χ0v) is 9.80. The summed E-state index contributed by atoms with van der Waals surface area (Å²) in [7, 11) is 1.49. The topological polar surface area (TPSA) is 64.6 Å². The SMILES string of the molecule is CNC(=O)O[C@H]1OC(=O)[C@@]2(C)[C@@H]1[C@H]1C=C[C@@H]2C1. The molecule has 1 saturated heterocycles. The largest absolute Gasteiger partial charge is 0.424 e. The monoisotopic (exact) mass is 237 g/mol. The number of fused-ring (bicyclic) bond motifs is 5. The van der Waals surface area contributed by atoms with Crippen molar-refractivity contribution in [3.8, 4) is 0 Å². The van der Waals surface area contributed by atoms with Crippen molar-refractivity contribution in [1.82, 2.24) is 5.32 Å². The Morgan fingerprint density at radius 3 is 3.06 bits per heavy atom. The summed E-state index contributed by atoms with van der Waals surface area (Å²) in [6, 6.07) is 0. The molecule has 3 aliphatic rings. The first kappa shape index (κ1) is 10.6. The van der Waals surface area contributed by atoms with Gasteiger partial charge in [0.05, 0.1) is 11.3 Å². The smallest absolute Gasteiger partial charge is 0.409 e. The van der Waals surface area contributed by atoms with Gasteiger partial charge in [0.2, 0.25) is 0 Å². The predicted molar refractivity (Wildman–Crippen MR) is 57.8 cm³/mol. The van der Waals surface area contributed by atoms with Crippen molar-refractivity contribution in [3.63, 3.8) is 0 Å². The van der Waals surface area contributed by atoms with Crippen LogP contribution >= 0.6 is 0 Å². The van der Waals surface area contributed by atoms with Gasteiger partial charge in [-0.05, 0) is 25.2 Å². The number of esters is 1. The third-order valence-corrected chi connectivity index (χ3v) is 4.42. The normalized spacial score (nSPS) is 45.6. The highest BCUT2D eigenvalue weighted by molar-refractivity contribution is 5.81. The van der Waals surface area contributed by atoms with E-state index in [1.807, 2.05) is 6.92 Å². The van der Waals surface area contributed by atoms with E-state index in [4.69, 9.17) is 9.47 Å². The van der Waals surface area contributed by atoms with Crippen LogP contribution in [-0.2, 0) is 14.3 Å². The lowest BCUT2D eigenvalue weighted by atomic mass is 9.71. The van der Waals surface area contributed by atoms with Crippen molar-refractivity contribution in [3.05, 3.63) is 12.2 Å². The molecular weight excluding hydrogens is 222 g/mol. The van der Waals surface area contributed by atoms with Crippen LogP contribution in [0.2, 0.25) is 0 Å². The van der Waals surface area contributed by atoms with Crippen LogP contribution in [0.25, 0.3) is 0 Å². The molecule has 1 saturated carbocycles. The third kappa shape index (κ3) is 1.19. The van der Waals surface area contributed by atoms with Gasteiger partial charge >= 0.3 is 12.1 Å². The first-order valence-electron chi connectivity index (χ1n) is 5.85. The minimum Gasteiger partial charge on any atom is -0.424 e. The molecule has 92 valence electrons. The molecule has 3 rings (SSSR count). The summed E-state index contributed by atoms with van der Waals surface area (Å²) in [5, 5.41) is 2.37. The Kier molecular flexibility index (Phi) is 2.03. The van der Waals surface area contributed by atoms with Crippen LogP contribution in [0.1, 0.15) is 13.3 Å². The molecule has 5 atom stereocenters. The van der Waals surface area contributed by atoms with Gasteiger partial charge in [-0.25, -0.2) is 4.79 Å². The summed E-state index contributed by atoms with van der Waals surface area (Å²) in [4.78, 5) is 23.2. The average molecular weight is 237 g/mol. The molecule has 0 unspecified atom stereocenters. The van der Waals surface area contributed by atoms with E-state index in [1.165, 1.54) is 7.05 Å². The molecule has 2 fully saturated rings. The fourth-order valence-electron chi connectivity index (χ4n) is 3.47. The molecule has 2 bridgehead atoms. The lowest BCUT2D eigenvalue weighted by Gasteiger charge is -2.28. The number of allylic oxidation sites excluding steroid dienone is 2. The van der Waals surface area contributed by atoms with Crippen LogP contribution in [0, 0.1) is 23.2 Å². The number of alkyl carbamates (subject to hydrolysis) is 1. The molecule has 2 aliphatic carbocycles. The van der Waals surface area contributed by atoms with Gasteiger partial charge in [-0.3, -0.25) is 4.79 Å². The standard InChI is InChI=1S/C12H15NO4/c1-12-7-4-3-6(5-7)8(12)9(16-10(12)14)17-11(15)13-2/h3-4,6-9H,5H2,1-2H3,(H,13,15)/t6-,7+,8+,9+,12+/m0/s1. The average Bonchev–Trinajstić information content (AvgIpc) is 2.92. The lowest BCUT2D eigenvalue weighted by Crippen LogP contribution is -2.37. The van der Waals surface area contributed by atoms with E-state index < -0.39 is 17.8 Å². The number of cyclic esters (lactones) is 1. The van der Waals surface area contributed by atoms with Crippen molar-refractivity contribution in [2.24, 2.45) is 23.2 Å². The number of hydrogen-bond donors (Lipinski definition) is 1. The summed E-state index contributed by atoms with van der Waals surface area (Å²) in [6.07, 6.45) is 3.86. The van der Waals surface area contributed by atoms with Crippen molar-refractivity contribution in [2.75, 3.05) is 7.05 Å². The number of carbonyl (C=O) groups excluding carboxylic acids is 2. The summed E-state index contributed by atoms with van der Waals surface area (Å²) in [5.41, 5.74) is -0.516. The number of carbonyl (C=O) groups is 2. The van der Waals surface area contributed by atoms with Gasteiger partial charge in [0.15, 0.2) is 0 Å². The van der Waals surface area contributed by atoms with Crippen molar-refractivity contribution in [2.45, 2.75) is 19.6 Å². The van der Waals surface area contributed by atoms with Crippen LogP contribution in [0.5, 0.6) is 0 Å². The van der Waals surface area contributed by atoms with Crippen LogP contribution < -0.4 is 5.32 Å². The predicted octanol–water partition coefficient (Wildman–Crippen LogP) is 1.05. The molecule has 0 aromatic rings. The zero-order chi connectivity index (χ0) is 12.2. The van der Waals surface area contributed by atoms with Crippen LogP contribution in [0.3, 0.4) is 0 Å². The highest BCUT2D eigenvalue weighted by atomic mass is 16.7. The second-order valence-corrected chi connectivity index (χ2v) is 5.13. The molecule has 1 heterocycles. The number of nitrogens with one attached hydrogen (secondary N) is 1. The van der Waals surface area contributed by atoms with Crippen LogP contribution in [-0.4, -0.2) is 25.4 Å². The summed E-state index contributed by atoms with van der Waals surface area (Å²) < 4.78 is 10.4. The Hall–Kier alpha value is -1.52. The molecule has 0 spiro atoms. The molecule has 17 heavy (non-hydrogen) atoms. The maximum absolute atomic E-state index is 12.0. The molecule has 0 radical (unpaired) electrons. The van der Waals surface area contributed by atoms with E-state index in [9.17, 15) is 9.59 Å². The molecule has 1 aliphatic heterocycles. The zero-order valence-electron chi connectivity index (χ0n) is 9.80. The highest BCUT2D eigenvalue weighted by Gasteiger charge is 2.67. The fraction of sp³-hybridized carbons (Fsp3) is 0.667. The van der Waals surface area contributed by atoms with Crippen LogP contribution in [0.15, 0.2) is 12.2 Å². The van der Waals surface area contributed by atoms with Crippen molar-refractivity contribution in [1.29, 1.82) is 0 Å². The summed E-state index contributed by atoms with van der Waals surface area (Å²) in [5.74, 6) is 0.227. The number of hydrogen-bond acceptors (Lipinski definition) is 4. The molecule has 5 heteroatoms. The number of ether oxygens (including phenoxy) is 2. The maximum Gasteiger partial charge on any atom is 0.409 e. The number of amides is 1. The Labute approximate surface area is 99.1 Å². The molecular formula is C12H15NO4. The van der Waals surface area contributed by atoms with Gasteiger partial charge in [-0.2, -0.15) is 0 Å². The molecule has 5 nitrogen and oxygen atoms in total. The van der Waals surface area contributed by atoms with E-state index >= 15 is 0 Å². The van der Waals surface area contributed by atoms with Gasteiger partial charge in [-0.15, -0.1) is 0 Å². The second-order valence-electron chi connectivity index (χ2n) is 5.13. The van der Waals surface area contributed by atoms with Gasteiger partial charge < -0.3 is 14.8 Å². The molecule has 0 aromatic carbocycles. The van der Waals surface area contributed by atoms with Crippen LogP contribution in [0.4, 0.5) is 4.79 Å². The Morgan fingerprint density at radius 2 is 2.35 bits per heavy atom. The third-order valence-electron chi connectivity index (χ3n) is 4.42. The molecule has 0 aromatic heterocycles. The first-order valence-corrected chi connectivity index (χ1v) is 5.85. The fourth-order valence-corrected chi connectivity index (χ4v) is 3.47. The van der Waals surface area contributed by atoms with E-state index in [2.05, 4.69) is 17.5 Å². The van der Waals surface area contributed by atoms with Gasteiger partial charge in [-0.1, -0.05) is 12.2 Å². The minimum absolute atomic E-state index is 0.0395. The Morgan fingerprint density at radius 1 is 1.59 bits per heavy atom. The summed E-state index contributed by atoms with van der Waals surface area (Å²) in [6.45, 7) is 1.92. The lowest BCUT2D eigenvalue weighted by molar-refractivity contribution is -0.160. The van der Waals surface area contributed by atoms with Gasteiger partial charge in [0.1, 0.15) is 0 Å². The van der Waals surface area contributed by atoms with E-state index in [0.29, 0.717) is 0 Å². The second kappa shape index (κ2) is 3.24. The first-order chi connectivity index (χ1) is 8.07. The molecule has 1 N–H and O–H groups in total. The highest BCUT2D eigenvalue weighted by Crippen LogP contribution is 2.61. The van der Waals surface area contributed by atoms with Gasteiger partial charge in [0.25, 0.3) is 6.29 Å². The Balaban J connectivity index is 1.89.